The molecule has 2 aliphatic heterocycles. The zero-order chi connectivity index (χ0) is 20.4. The second-order valence-electron chi connectivity index (χ2n) is 6.93. The Morgan fingerprint density at radius 3 is 2.82 bits per heavy atom. The van der Waals surface area contributed by atoms with Gasteiger partial charge in [-0.25, -0.2) is 4.39 Å². The minimum atomic E-state index is -0.990. The fourth-order valence-electron chi connectivity index (χ4n) is 3.54. The van der Waals surface area contributed by atoms with E-state index >= 15 is 0 Å². The Morgan fingerprint density at radius 2 is 2.14 bits per heavy atom. The van der Waals surface area contributed by atoms with E-state index < -0.39 is 17.7 Å². The quantitative estimate of drug-likeness (QED) is 0.807. The van der Waals surface area contributed by atoms with Crippen molar-refractivity contribution in [3.63, 3.8) is 0 Å². The lowest BCUT2D eigenvalue weighted by molar-refractivity contribution is -0.138. The Kier molecular flexibility index (Phi) is 5.60. The number of benzene rings is 1. The van der Waals surface area contributed by atoms with Crippen molar-refractivity contribution in [1.82, 2.24) is 9.80 Å². The molecule has 2 heterocycles. The highest BCUT2D eigenvalue weighted by Gasteiger charge is 2.36. The molecular formula is C20H22FN3O4. The average molecular weight is 387 g/mol. The molecule has 0 bridgehead atoms. The summed E-state index contributed by atoms with van der Waals surface area (Å²) in [7, 11) is 4.70. The molecule has 2 atom stereocenters. The summed E-state index contributed by atoms with van der Waals surface area (Å²) in [6.45, 7) is -0.117. The predicted molar refractivity (Wildman–Crippen MR) is 102 cm³/mol. The summed E-state index contributed by atoms with van der Waals surface area (Å²) in [6.07, 6.45) is 6.79. The summed E-state index contributed by atoms with van der Waals surface area (Å²) in [6, 6.07) is 3.12. The number of methoxy groups -OCH3 is 1. The van der Waals surface area contributed by atoms with Crippen molar-refractivity contribution >= 4 is 23.7 Å². The number of amides is 1. The molecule has 28 heavy (non-hydrogen) atoms. The molecule has 0 spiro atoms. The normalized spacial score (nSPS) is 21.0. The van der Waals surface area contributed by atoms with Crippen molar-refractivity contribution < 1.29 is 23.8 Å². The predicted octanol–water partition coefficient (Wildman–Crippen LogP) is 1.99. The van der Waals surface area contributed by atoms with Crippen molar-refractivity contribution in [2.45, 2.75) is 6.54 Å². The van der Waals surface area contributed by atoms with E-state index in [4.69, 9.17) is 9.84 Å². The summed E-state index contributed by atoms with van der Waals surface area (Å²) < 4.78 is 20.3. The van der Waals surface area contributed by atoms with Crippen molar-refractivity contribution in [2.24, 2.45) is 16.8 Å². The molecule has 0 radical (unpaired) electrons. The number of rotatable bonds is 6. The Balaban J connectivity index is 1.99. The molecule has 0 saturated heterocycles. The number of carbonyl (C=O) groups excluding carboxylic acids is 1. The van der Waals surface area contributed by atoms with Gasteiger partial charge in [0, 0.05) is 43.7 Å². The van der Waals surface area contributed by atoms with Crippen molar-refractivity contribution in [3.05, 3.63) is 47.6 Å². The first-order valence-electron chi connectivity index (χ1n) is 8.77. The van der Waals surface area contributed by atoms with Crippen molar-refractivity contribution in [2.75, 3.05) is 27.7 Å². The van der Waals surface area contributed by atoms with Crippen LogP contribution in [0.15, 0.2) is 35.6 Å². The van der Waals surface area contributed by atoms with E-state index in [1.807, 2.05) is 6.08 Å². The van der Waals surface area contributed by atoms with Gasteiger partial charge in [0.25, 0.3) is 0 Å². The molecule has 1 amide bonds. The first-order valence-corrected chi connectivity index (χ1v) is 8.77. The van der Waals surface area contributed by atoms with E-state index in [9.17, 15) is 14.0 Å². The standard InChI is InChI=1S/C20H22FN3O4/c1-23(11-19(25)26)9-16-17(21)6-12(7-18(16)28-3)15-10-24(2)20(27)14-8-22-5-4-13(14)15/h4-8,10,13-14H,9,11H2,1-3H3,(H,25,26). The lowest BCUT2D eigenvalue weighted by Gasteiger charge is -2.33. The van der Waals surface area contributed by atoms with Crippen molar-refractivity contribution in [1.29, 1.82) is 0 Å². The van der Waals surface area contributed by atoms with Crippen LogP contribution in [0.3, 0.4) is 0 Å². The molecule has 2 unspecified atom stereocenters. The summed E-state index contributed by atoms with van der Waals surface area (Å²) in [5, 5.41) is 8.90. The number of aliphatic carboxylic acids is 1. The number of hydrogen-bond acceptors (Lipinski definition) is 5. The van der Waals surface area contributed by atoms with Gasteiger partial charge in [-0.1, -0.05) is 6.08 Å². The minimum absolute atomic E-state index is 0.0683. The van der Waals surface area contributed by atoms with E-state index in [-0.39, 0.29) is 30.5 Å². The molecule has 0 fully saturated rings. The van der Waals surface area contributed by atoms with Crippen LogP contribution in [-0.4, -0.2) is 60.7 Å². The van der Waals surface area contributed by atoms with Crippen LogP contribution in [0.25, 0.3) is 5.57 Å². The second-order valence-corrected chi connectivity index (χ2v) is 6.93. The van der Waals surface area contributed by atoms with Crippen LogP contribution in [0, 0.1) is 17.7 Å². The Morgan fingerprint density at radius 1 is 1.39 bits per heavy atom. The molecule has 7 nitrogen and oxygen atoms in total. The first kappa shape index (κ1) is 19.8. The van der Waals surface area contributed by atoms with Gasteiger partial charge in [-0.2, -0.15) is 0 Å². The van der Waals surface area contributed by atoms with Gasteiger partial charge in [0.15, 0.2) is 0 Å². The van der Waals surface area contributed by atoms with Gasteiger partial charge in [0.05, 0.1) is 19.6 Å². The molecule has 3 rings (SSSR count). The number of nitrogens with zero attached hydrogens (tertiary/aromatic N) is 3. The topological polar surface area (TPSA) is 82.4 Å². The number of ether oxygens (including phenoxy) is 1. The van der Waals surface area contributed by atoms with Gasteiger partial charge in [-0.15, -0.1) is 0 Å². The van der Waals surface area contributed by atoms with Crippen LogP contribution in [0.1, 0.15) is 11.1 Å². The summed E-state index contributed by atoms with van der Waals surface area (Å²) in [4.78, 5) is 30.3. The number of carbonyl (C=O) groups is 2. The number of allylic oxidation sites excluding steroid dienone is 2. The van der Waals surface area contributed by atoms with E-state index in [2.05, 4.69) is 4.99 Å². The number of halogens is 1. The highest BCUT2D eigenvalue weighted by molar-refractivity contribution is 6.00. The SMILES string of the molecule is COc1cc(C2=CN(C)C(=O)C3C=NC=CC23)cc(F)c1CN(C)CC(=O)O. The lowest BCUT2D eigenvalue weighted by atomic mass is 9.79. The van der Waals surface area contributed by atoms with Gasteiger partial charge in [0.2, 0.25) is 5.91 Å². The highest BCUT2D eigenvalue weighted by atomic mass is 19.1. The molecule has 0 saturated carbocycles. The molecule has 0 aliphatic carbocycles. The Labute approximate surface area is 162 Å². The molecule has 148 valence electrons. The average Bonchev–Trinajstić information content (AvgIpc) is 2.65. The summed E-state index contributed by atoms with van der Waals surface area (Å²) >= 11 is 0. The number of carboxylic acids is 1. The van der Waals surface area contributed by atoms with Crippen LogP contribution < -0.4 is 4.74 Å². The molecule has 1 aromatic carbocycles. The Bertz CT molecular complexity index is 894. The zero-order valence-corrected chi connectivity index (χ0v) is 15.9. The molecule has 0 aromatic heterocycles. The Hall–Kier alpha value is -3.00. The third-order valence-electron chi connectivity index (χ3n) is 4.88. The number of likely N-dealkylation sites (N-methyl/N-ethyl adjacent to an activating group) is 1. The fraction of sp³-hybridized carbons (Fsp3) is 0.350. The maximum atomic E-state index is 14.9. The van der Waals surface area contributed by atoms with E-state index in [0.717, 1.165) is 5.57 Å². The molecular weight excluding hydrogens is 365 g/mol. The van der Waals surface area contributed by atoms with Crippen LogP contribution in [-0.2, 0) is 16.1 Å². The van der Waals surface area contributed by atoms with Crippen LogP contribution in [0.2, 0.25) is 0 Å². The second kappa shape index (κ2) is 7.93. The van der Waals surface area contributed by atoms with Gasteiger partial charge < -0.3 is 14.7 Å². The highest BCUT2D eigenvalue weighted by Crippen LogP contribution is 2.39. The third-order valence-corrected chi connectivity index (χ3v) is 4.88. The number of fused-ring (bicyclic) bond motifs is 1. The molecule has 2 aliphatic rings. The maximum absolute atomic E-state index is 14.9. The molecule has 1 N–H and O–H groups in total. The smallest absolute Gasteiger partial charge is 0.317 e. The van der Waals surface area contributed by atoms with Crippen LogP contribution >= 0.6 is 0 Å². The molecule has 1 aromatic rings. The van der Waals surface area contributed by atoms with Gasteiger partial charge in [0.1, 0.15) is 11.6 Å². The number of hydrogen-bond donors (Lipinski definition) is 1. The third kappa shape index (κ3) is 3.82. The van der Waals surface area contributed by atoms with E-state index in [1.54, 1.807) is 38.8 Å². The number of carboxylic acid groups (broad SMARTS) is 1. The monoisotopic (exact) mass is 387 g/mol. The van der Waals surface area contributed by atoms with Crippen LogP contribution in [0.4, 0.5) is 4.39 Å². The fourth-order valence-corrected chi connectivity index (χ4v) is 3.54. The first-order chi connectivity index (χ1) is 13.3. The summed E-state index contributed by atoms with van der Waals surface area (Å²) in [5.41, 5.74) is 1.68. The van der Waals surface area contributed by atoms with Gasteiger partial charge in [-0.3, -0.25) is 19.5 Å². The van der Waals surface area contributed by atoms with E-state index in [1.165, 1.54) is 23.0 Å². The van der Waals surface area contributed by atoms with Gasteiger partial charge in [-0.05, 0) is 30.3 Å². The maximum Gasteiger partial charge on any atom is 0.317 e. The van der Waals surface area contributed by atoms with Gasteiger partial charge >= 0.3 is 5.97 Å². The zero-order valence-electron chi connectivity index (χ0n) is 15.9. The summed E-state index contributed by atoms with van der Waals surface area (Å²) in [5.74, 6) is -1.87. The van der Waals surface area contributed by atoms with E-state index in [0.29, 0.717) is 11.3 Å². The van der Waals surface area contributed by atoms with Crippen LogP contribution in [0.5, 0.6) is 5.75 Å². The number of aliphatic imine (C=N–C) groups is 1. The molecule has 8 heteroatoms. The lowest BCUT2D eigenvalue weighted by Crippen LogP contribution is -2.39. The largest absolute Gasteiger partial charge is 0.496 e. The minimum Gasteiger partial charge on any atom is -0.496 e. The van der Waals surface area contributed by atoms with Crippen molar-refractivity contribution in [3.8, 4) is 5.75 Å².